The Hall–Kier alpha value is -0.0400. The summed E-state index contributed by atoms with van der Waals surface area (Å²) in [6.07, 6.45) is 11.2. The highest BCUT2D eigenvalue weighted by Crippen LogP contribution is 2.27. The smallest absolute Gasteiger partial charge is 0.00698 e. The summed E-state index contributed by atoms with van der Waals surface area (Å²) >= 11 is 0. The Bertz CT molecular complexity index is 133. The zero-order valence-corrected chi connectivity index (χ0v) is 10.0. The summed E-state index contributed by atoms with van der Waals surface area (Å²) in [6.45, 7) is 5.85. The highest BCUT2D eigenvalue weighted by atomic mass is 14.9. The lowest BCUT2D eigenvalue weighted by molar-refractivity contribution is 0.468. The van der Waals surface area contributed by atoms with Crippen LogP contribution in [0.15, 0.2) is 0 Å². The number of hydrogen-bond donors (Lipinski definition) is 1. The van der Waals surface area contributed by atoms with Gasteiger partial charge in [0.05, 0.1) is 0 Å². The molecule has 1 N–H and O–H groups in total. The normalized spacial score (nSPS) is 27.0. The van der Waals surface area contributed by atoms with Crippen molar-refractivity contribution in [2.24, 2.45) is 5.92 Å². The fourth-order valence-corrected chi connectivity index (χ4v) is 2.49. The third kappa shape index (κ3) is 4.45. The Kier molecular flexibility index (Phi) is 6.25. The fraction of sp³-hybridized carbons (Fsp3) is 1.00. The van der Waals surface area contributed by atoms with Crippen LogP contribution in [0.5, 0.6) is 0 Å². The van der Waals surface area contributed by atoms with E-state index in [1.54, 1.807) is 0 Å². The Balaban J connectivity index is 1.92. The molecule has 1 aliphatic rings. The van der Waals surface area contributed by atoms with Crippen LogP contribution >= 0.6 is 0 Å². The quantitative estimate of drug-likeness (QED) is 0.613. The zero-order valence-electron chi connectivity index (χ0n) is 10.0. The molecule has 0 heterocycles. The third-order valence-electron chi connectivity index (χ3n) is 3.58. The van der Waals surface area contributed by atoms with E-state index >= 15 is 0 Å². The van der Waals surface area contributed by atoms with Gasteiger partial charge in [-0.3, -0.25) is 0 Å². The van der Waals surface area contributed by atoms with E-state index in [4.69, 9.17) is 0 Å². The second-order valence-electron chi connectivity index (χ2n) is 4.80. The van der Waals surface area contributed by atoms with Gasteiger partial charge in [0.15, 0.2) is 0 Å². The van der Waals surface area contributed by atoms with Crippen LogP contribution in [0.4, 0.5) is 0 Å². The molecule has 1 aliphatic carbocycles. The molecule has 0 aliphatic heterocycles. The molecule has 1 saturated carbocycles. The average Bonchev–Trinajstić information content (AvgIpc) is 2.65. The largest absolute Gasteiger partial charge is 0.314 e. The molecule has 0 aromatic heterocycles. The molecule has 0 aromatic carbocycles. The van der Waals surface area contributed by atoms with E-state index in [1.807, 2.05) is 0 Å². The molecule has 1 fully saturated rings. The summed E-state index contributed by atoms with van der Waals surface area (Å²) in [5.41, 5.74) is 0. The highest BCUT2D eigenvalue weighted by Gasteiger charge is 2.22. The molecular weight excluding hydrogens is 170 g/mol. The zero-order chi connectivity index (χ0) is 10.2. The van der Waals surface area contributed by atoms with Gasteiger partial charge in [-0.25, -0.2) is 0 Å². The molecule has 0 radical (unpaired) electrons. The lowest BCUT2D eigenvalue weighted by atomic mass is 10.1. The van der Waals surface area contributed by atoms with Crippen molar-refractivity contribution >= 4 is 0 Å². The lowest BCUT2D eigenvalue weighted by Gasteiger charge is -2.12. The molecule has 0 spiro atoms. The summed E-state index contributed by atoms with van der Waals surface area (Å²) in [5, 5.41) is 3.70. The maximum absolute atomic E-state index is 3.70. The van der Waals surface area contributed by atoms with Gasteiger partial charge in [-0.2, -0.15) is 0 Å². The van der Waals surface area contributed by atoms with Gasteiger partial charge in [-0.05, 0) is 38.1 Å². The van der Waals surface area contributed by atoms with Crippen LogP contribution < -0.4 is 5.32 Å². The van der Waals surface area contributed by atoms with E-state index in [0.717, 1.165) is 12.0 Å². The van der Waals surface area contributed by atoms with Crippen molar-refractivity contribution in [2.45, 2.75) is 71.3 Å². The molecule has 84 valence electrons. The predicted octanol–water partition coefficient (Wildman–Crippen LogP) is 3.74. The molecule has 1 heteroatoms. The van der Waals surface area contributed by atoms with Crippen LogP contribution in [0, 0.1) is 5.92 Å². The van der Waals surface area contributed by atoms with E-state index < -0.39 is 0 Å². The standard InChI is InChI=1S/C13H27N/c1-3-5-6-7-10-14-13-9-8-12(4-2)11-13/h12-14H,3-11H2,1-2H3. The van der Waals surface area contributed by atoms with E-state index in [2.05, 4.69) is 19.2 Å². The molecule has 2 atom stereocenters. The fourth-order valence-electron chi connectivity index (χ4n) is 2.49. The Labute approximate surface area is 89.7 Å². The summed E-state index contributed by atoms with van der Waals surface area (Å²) in [5.74, 6) is 1.02. The van der Waals surface area contributed by atoms with Crippen LogP contribution in [0.1, 0.15) is 65.2 Å². The Morgan fingerprint density at radius 2 is 1.93 bits per heavy atom. The van der Waals surface area contributed by atoms with Crippen molar-refractivity contribution < 1.29 is 0 Å². The minimum Gasteiger partial charge on any atom is -0.314 e. The predicted molar refractivity (Wildman–Crippen MR) is 63.6 cm³/mol. The Morgan fingerprint density at radius 3 is 2.57 bits per heavy atom. The maximum Gasteiger partial charge on any atom is 0.00698 e. The molecule has 0 saturated heterocycles. The van der Waals surface area contributed by atoms with Gasteiger partial charge in [0, 0.05) is 6.04 Å². The van der Waals surface area contributed by atoms with E-state index in [0.29, 0.717) is 0 Å². The first kappa shape index (κ1) is 12.0. The molecule has 1 rings (SSSR count). The first-order chi connectivity index (χ1) is 6.86. The van der Waals surface area contributed by atoms with Crippen molar-refractivity contribution in [3.63, 3.8) is 0 Å². The Morgan fingerprint density at radius 1 is 1.07 bits per heavy atom. The van der Waals surface area contributed by atoms with E-state index in [1.165, 1.54) is 57.9 Å². The van der Waals surface area contributed by atoms with E-state index in [-0.39, 0.29) is 0 Å². The minimum absolute atomic E-state index is 0.849. The average molecular weight is 197 g/mol. The van der Waals surface area contributed by atoms with Crippen LogP contribution in [-0.2, 0) is 0 Å². The first-order valence-electron chi connectivity index (χ1n) is 6.60. The van der Waals surface area contributed by atoms with E-state index in [9.17, 15) is 0 Å². The minimum atomic E-state index is 0.849. The van der Waals surface area contributed by atoms with Gasteiger partial charge < -0.3 is 5.32 Å². The second-order valence-corrected chi connectivity index (χ2v) is 4.80. The summed E-state index contributed by atoms with van der Waals surface area (Å²) in [7, 11) is 0. The van der Waals surface area contributed by atoms with Gasteiger partial charge in [0.25, 0.3) is 0 Å². The third-order valence-corrected chi connectivity index (χ3v) is 3.58. The summed E-state index contributed by atoms with van der Waals surface area (Å²) in [6, 6.07) is 0.849. The van der Waals surface area contributed by atoms with Crippen molar-refractivity contribution in [3.05, 3.63) is 0 Å². The highest BCUT2D eigenvalue weighted by molar-refractivity contribution is 4.79. The van der Waals surface area contributed by atoms with Gasteiger partial charge in [-0.15, -0.1) is 0 Å². The topological polar surface area (TPSA) is 12.0 Å². The van der Waals surface area contributed by atoms with Crippen LogP contribution in [0.25, 0.3) is 0 Å². The van der Waals surface area contributed by atoms with Crippen LogP contribution in [0.3, 0.4) is 0 Å². The van der Waals surface area contributed by atoms with Crippen molar-refractivity contribution in [3.8, 4) is 0 Å². The number of hydrogen-bond acceptors (Lipinski definition) is 1. The molecule has 0 aromatic rings. The number of rotatable bonds is 7. The monoisotopic (exact) mass is 197 g/mol. The first-order valence-corrected chi connectivity index (χ1v) is 6.60. The second kappa shape index (κ2) is 7.28. The molecule has 1 nitrogen and oxygen atoms in total. The molecule has 2 unspecified atom stereocenters. The van der Waals surface area contributed by atoms with Crippen molar-refractivity contribution in [1.29, 1.82) is 0 Å². The van der Waals surface area contributed by atoms with Gasteiger partial charge in [0.2, 0.25) is 0 Å². The number of nitrogens with one attached hydrogen (secondary N) is 1. The molecular formula is C13H27N. The summed E-state index contributed by atoms with van der Waals surface area (Å²) < 4.78 is 0. The van der Waals surface area contributed by atoms with Crippen molar-refractivity contribution in [1.82, 2.24) is 5.32 Å². The number of unbranched alkanes of at least 4 members (excludes halogenated alkanes) is 3. The maximum atomic E-state index is 3.70. The SMILES string of the molecule is CCCCCCNC1CCC(CC)C1. The van der Waals surface area contributed by atoms with Crippen molar-refractivity contribution in [2.75, 3.05) is 6.54 Å². The molecule has 0 amide bonds. The van der Waals surface area contributed by atoms with Crippen LogP contribution in [0.2, 0.25) is 0 Å². The van der Waals surface area contributed by atoms with Gasteiger partial charge in [-0.1, -0.05) is 39.5 Å². The lowest BCUT2D eigenvalue weighted by Crippen LogP contribution is -2.27. The van der Waals surface area contributed by atoms with Gasteiger partial charge >= 0.3 is 0 Å². The summed E-state index contributed by atoms with van der Waals surface area (Å²) in [4.78, 5) is 0. The van der Waals surface area contributed by atoms with Gasteiger partial charge in [0.1, 0.15) is 0 Å². The molecule has 0 bridgehead atoms. The van der Waals surface area contributed by atoms with Crippen LogP contribution in [-0.4, -0.2) is 12.6 Å². The molecule has 14 heavy (non-hydrogen) atoms.